The second-order valence-electron chi connectivity index (χ2n) is 4.52. The minimum Gasteiger partial charge on any atom is -0.380 e. The minimum absolute atomic E-state index is 0.108. The van der Waals surface area contributed by atoms with Crippen LogP contribution in [0.5, 0.6) is 0 Å². The van der Waals surface area contributed by atoms with E-state index in [0.717, 1.165) is 6.42 Å². The van der Waals surface area contributed by atoms with Crippen molar-refractivity contribution in [2.45, 2.75) is 32.7 Å². The van der Waals surface area contributed by atoms with E-state index in [0.29, 0.717) is 0 Å². The summed E-state index contributed by atoms with van der Waals surface area (Å²) in [5.41, 5.74) is 2.62. The molecule has 1 nitrogen and oxygen atoms in total. The quantitative estimate of drug-likeness (QED) is 0.716. The smallest absolute Gasteiger partial charge is 0.0379 e. The molecule has 0 aliphatic carbocycles. The molecule has 0 atom stereocenters. The minimum atomic E-state index is 0.108. The molecule has 0 aromatic heterocycles. The molecule has 0 bridgehead atoms. The van der Waals surface area contributed by atoms with E-state index in [1.165, 1.54) is 11.3 Å². The summed E-state index contributed by atoms with van der Waals surface area (Å²) in [4.78, 5) is 0. The van der Waals surface area contributed by atoms with Crippen molar-refractivity contribution < 1.29 is 0 Å². The fraction of sp³-hybridized carbons (Fsp3) is 0.385. The summed E-state index contributed by atoms with van der Waals surface area (Å²) in [5.74, 6) is 0. The molecular weight excluding hydrogens is 170 g/mol. The zero-order valence-electron chi connectivity index (χ0n) is 9.30. The standard InChI is InChI=1S/C13H19N/c1-5-8-11-9-6-7-10-12(11)14-13(2,3)4/h5-7,9-10,14H,1,8H2,2-4H3. The molecule has 0 radical (unpaired) electrons. The van der Waals surface area contributed by atoms with Crippen LogP contribution in [0, 0.1) is 0 Å². The first-order chi connectivity index (χ1) is 6.53. The Kier molecular flexibility index (Phi) is 3.34. The summed E-state index contributed by atoms with van der Waals surface area (Å²) in [7, 11) is 0. The average molecular weight is 189 g/mol. The van der Waals surface area contributed by atoms with Crippen LogP contribution in [-0.4, -0.2) is 5.54 Å². The Labute approximate surface area is 86.8 Å². The van der Waals surface area contributed by atoms with Crippen LogP contribution in [0.1, 0.15) is 26.3 Å². The van der Waals surface area contributed by atoms with Gasteiger partial charge in [0.25, 0.3) is 0 Å². The summed E-state index contributed by atoms with van der Waals surface area (Å²) >= 11 is 0. The monoisotopic (exact) mass is 189 g/mol. The Morgan fingerprint density at radius 2 is 1.93 bits per heavy atom. The molecule has 0 aliphatic rings. The second-order valence-corrected chi connectivity index (χ2v) is 4.52. The van der Waals surface area contributed by atoms with Gasteiger partial charge in [0.2, 0.25) is 0 Å². The molecule has 1 N–H and O–H groups in total. The average Bonchev–Trinajstić information content (AvgIpc) is 2.06. The number of anilines is 1. The van der Waals surface area contributed by atoms with Crippen molar-refractivity contribution in [1.82, 2.24) is 0 Å². The molecule has 1 rings (SSSR count). The molecule has 76 valence electrons. The molecule has 14 heavy (non-hydrogen) atoms. The zero-order chi connectivity index (χ0) is 10.6. The maximum absolute atomic E-state index is 3.77. The maximum atomic E-state index is 3.77. The highest BCUT2D eigenvalue weighted by atomic mass is 14.9. The second kappa shape index (κ2) is 4.32. The molecule has 1 heteroatoms. The summed E-state index contributed by atoms with van der Waals surface area (Å²) in [6.45, 7) is 10.3. The van der Waals surface area contributed by atoms with Crippen LogP contribution in [0.3, 0.4) is 0 Å². The summed E-state index contributed by atoms with van der Waals surface area (Å²) < 4.78 is 0. The first-order valence-corrected chi connectivity index (χ1v) is 5.00. The largest absolute Gasteiger partial charge is 0.380 e. The van der Waals surface area contributed by atoms with Gasteiger partial charge >= 0.3 is 0 Å². The van der Waals surface area contributed by atoms with E-state index in [9.17, 15) is 0 Å². The van der Waals surface area contributed by atoms with Gasteiger partial charge in [0.05, 0.1) is 0 Å². The lowest BCUT2D eigenvalue weighted by molar-refractivity contribution is 0.633. The topological polar surface area (TPSA) is 12.0 Å². The van der Waals surface area contributed by atoms with E-state index in [2.05, 4.69) is 56.9 Å². The van der Waals surface area contributed by atoms with Gasteiger partial charge in [-0.15, -0.1) is 6.58 Å². The van der Waals surface area contributed by atoms with Gasteiger partial charge in [0, 0.05) is 11.2 Å². The molecule has 0 unspecified atom stereocenters. The van der Waals surface area contributed by atoms with E-state index in [1.54, 1.807) is 0 Å². The molecule has 0 spiro atoms. The lowest BCUT2D eigenvalue weighted by Gasteiger charge is -2.23. The SMILES string of the molecule is C=CCc1ccccc1NC(C)(C)C. The summed E-state index contributed by atoms with van der Waals surface area (Å²) in [5, 5.41) is 3.49. The Hall–Kier alpha value is -1.24. The van der Waals surface area contributed by atoms with Crippen LogP contribution in [0.15, 0.2) is 36.9 Å². The van der Waals surface area contributed by atoms with Gasteiger partial charge in [-0.25, -0.2) is 0 Å². The Morgan fingerprint density at radius 3 is 2.50 bits per heavy atom. The predicted octanol–water partition coefficient (Wildman–Crippen LogP) is 3.63. The number of rotatable bonds is 3. The number of allylic oxidation sites excluding steroid dienone is 1. The molecular formula is C13H19N. The molecule has 0 heterocycles. The zero-order valence-corrected chi connectivity index (χ0v) is 9.30. The van der Waals surface area contributed by atoms with Gasteiger partial charge in [-0.05, 0) is 38.8 Å². The van der Waals surface area contributed by atoms with Gasteiger partial charge < -0.3 is 5.32 Å². The molecule has 0 fully saturated rings. The lowest BCUT2D eigenvalue weighted by Crippen LogP contribution is -2.26. The van der Waals surface area contributed by atoms with Crippen molar-refractivity contribution in [3.8, 4) is 0 Å². The molecule has 0 aliphatic heterocycles. The number of hydrogen-bond acceptors (Lipinski definition) is 1. The highest BCUT2D eigenvalue weighted by Crippen LogP contribution is 2.20. The Bertz CT molecular complexity index is 307. The third kappa shape index (κ3) is 3.25. The van der Waals surface area contributed by atoms with E-state index in [1.807, 2.05) is 6.08 Å². The van der Waals surface area contributed by atoms with Gasteiger partial charge in [0.1, 0.15) is 0 Å². The normalized spacial score (nSPS) is 11.1. The molecule has 1 aromatic rings. The van der Waals surface area contributed by atoms with Crippen LogP contribution < -0.4 is 5.32 Å². The van der Waals surface area contributed by atoms with E-state index in [4.69, 9.17) is 0 Å². The molecule has 0 saturated carbocycles. The van der Waals surface area contributed by atoms with Crippen LogP contribution in [0.4, 0.5) is 5.69 Å². The van der Waals surface area contributed by atoms with Crippen LogP contribution in [-0.2, 0) is 6.42 Å². The molecule has 1 aromatic carbocycles. The van der Waals surface area contributed by atoms with Crippen LogP contribution in [0.25, 0.3) is 0 Å². The Morgan fingerprint density at radius 1 is 1.29 bits per heavy atom. The van der Waals surface area contributed by atoms with Gasteiger partial charge in [0.15, 0.2) is 0 Å². The number of nitrogens with one attached hydrogen (secondary N) is 1. The van der Waals surface area contributed by atoms with Gasteiger partial charge in [-0.3, -0.25) is 0 Å². The van der Waals surface area contributed by atoms with Crippen molar-refractivity contribution in [3.63, 3.8) is 0 Å². The maximum Gasteiger partial charge on any atom is 0.0379 e. The van der Waals surface area contributed by atoms with E-state index in [-0.39, 0.29) is 5.54 Å². The fourth-order valence-electron chi connectivity index (χ4n) is 1.38. The summed E-state index contributed by atoms with van der Waals surface area (Å²) in [6.07, 6.45) is 2.85. The molecule has 0 amide bonds. The predicted molar refractivity (Wildman–Crippen MR) is 63.7 cm³/mol. The van der Waals surface area contributed by atoms with E-state index < -0.39 is 0 Å². The number of benzene rings is 1. The summed E-state index contributed by atoms with van der Waals surface area (Å²) in [6, 6.07) is 8.37. The Balaban J connectivity index is 2.89. The highest BCUT2D eigenvalue weighted by Gasteiger charge is 2.10. The van der Waals surface area contributed by atoms with Crippen molar-refractivity contribution in [2.24, 2.45) is 0 Å². The van der Waals surface area contributed by atoms with Crippen LogP contribution in [0.2, 0.25) is 0 Å². The van der Waals surface area contributed by atoms with Crippen molar-refractivity contribution >= 4 is 5.69 Å². The highest BCUT2D eigenvalue weighted by molar-refractivity contribution is 5.53. The first-order valence-electron chi connectivity index (χ1n) is 5.00. The third-order valence-corrected chi connectivity index (χ3v) is 1.89. The van der Waals surface area contributed by atoms with Crippen molar-refractivity contribution in [3.05, 3.63) is 42.5 Å². The van der Waals surface area contributed by atoms with E-state index >= 15 is 0 Å². The first kappa shape index (κ1) is 10.8. The number of hydrogen-bond donors (Lipinski definition) is 1. The van der Waals surface area contributed by atoms with Gasteiger partial charge in [-0.2, -0.15) is 0 Å². The van der Waals surface area contributed by atoms with Gasteiger partial charge in [-0.1, -0.05) is 24.3 Å². The van der Waals surface area contributed by atoms with Crippen molar-refractivity contribution in [1.29, 1.82) is 0 Å². The fourth-order valence-corrected chi connectivity index (χ4v) is 1.38. The number of para-hydroxylation sites is 1. The van der Waals surface area contributed by atoms with Crippen molar-refractivity contribution in [2.75, 3.05) is 5.32 Å². The lowest BCUT2D eigenvalue weighted by atomic mass is 10.0. The third-order valence-electron chi connectivity index (χ3n) is 1.89. The molecule has 0 saturated heterocycles. The van der Waals surface area contributed by atoms with Crippen LogP contribution >= 0.6 is 0 Å².